The molecule has 0 saturated carbocycles. The van der Waals surface area contributed by atoms with Gasteiger partial charge in [0.2, 0.25) is 5.91 Å². The molecular formula is C16H10ClF4N3O. The van der Waals surface area contributed by atoms with Crippen molar-refractivity contribution >= 4 is 28.9 Å². The Labute approximate surface area is 144 Å². The van der Waals surface area contributed by atoms with Gasteiger partial charge in [0.05, 0.1) is 22.0 Å². The van der Waals surface area contributed by atoms with Crippen molar-refractivity contribution in [2.75, 3.05) is 5.32 Å². The van der Waals surface area contributed by atoms with Crippen molar-refractivity contribution in [1.29, 1.82) is 0 Å². The van der Waals surface area contributed by atoms with Crippen LogP contribution in [0.5, 0.6) is 0 Å². The zero-order chi connectivity index (χ0) is 18.4. The Balaban J connectivity index is 2.35. The first-order valence-corrected chi connectivity index (χ1v) is 7.47. The Morgan fingerprint density at radius 3 is 2.60 bits per heavy atom. The second-order valence-corrected chi connectivity index (χ2v) is 5.70. The van der Waals surface area contributed by atoms with E-state index in [1.807, 2.05) is 0 Å². The Bertz CT molecular complexity index is 895. The third kappa shape index (κ3) is 3.09. The minimum Gasteiger partial charge on any atom is -0.324 e. The van der Waals surface area contributed by atoms with Crippen LogP contribution in [0.15, 0.2) is 35.5 Å². The van der Waals surface area contributed by atoms with Crippen molar-refractivity contribution in [3.63, 3.8) is 0 Å². The van der Waals surface area contributed by atoms with Gasteiger partial charge in [-0.15, -0.1) is 0 Å². The van der Waals surface area contributed by atoms with Gasteiger partial charge in [-0.05, 0) is 31.2 Å². The molecule has 2 aromatic rings. The molecule has 0 aliphatic carbocycles. The third-order valence-electron chi connectivity index (χ3n) is 3.63. The van der Waals surface area contributed by atoms with E-state index in [1.165, 1.54) is 19.2 Å². The van der Waals surface area contributed by atoms with Crippen LogP contribution < -0.4 is 5.32 Å². The summed E-state index contributed by atoms with van der Waals surface area (Å²) in [6, 6.07) is 3.28. The number of anilines is 1. The molecule has 0 spiro atoms. The van der Waals surface area contributed by atoms with Crippen LogP contribution in [0.25, 0.3) is 0 Å². The number of alkyl halides is 3. The first-order chi connectivity index (χ1) is 11.7. The number of amides is 1. The first kappa shape index (κ1) is 17.3. The summed E-state index contributed by atoms with van der Waals surface area (Å²) in [6.07, 6.45) is -3.45. The van der Waals surface area contributed by atoms with Crippen molar-refractivity contribution in [2.24, 2.45) is 4.99 Å². The lowest BCUT2D eigenvalue weighted by atomic mass is 10.0. The molecule has 0 bridgehead atoms. The molecule has 0 saturated heterocycles. The summed E-state index contributed by atoms with van der Waals surface area (Å²) in [5.74, 6) is -1.34. The largest absolute Gasteiger partial charge is 0.417 e. The highest BCUT2D eigenvalue weighted by Crippen LogP contribution is 2.40. The zero-order valence-corrected chi connectivity index (χ0v) is 13.4. The fourth-order valence-corrected chi connectivity index (χ4v) is 2.79. The van der Waals surface area contributed by atoms with Gasteiger partial charge in [0.25, 0.3) is 0 Å². The number of rotatable bonds is 1. The molecule has 1 N–H and O–H groups in total. The molecule has 0 fully saturated rings. The predicted octanol–water partition coefficient (Wildman–Crippen LogP) is 4.07. The summed E-state index contributed by atoms with van der Waals surface area (Å²) in [5, 5.41) is 1.78. The summed E-state index contributed by atoms with van der Waals surface area (Å²) in [4.78, 5) is 19.9. The smallest absolute Gasteiger partial charge is 0.324 e. The molecule has 1 aromatic carbocycles. The van der Waals surface area contributed by atoms with Gasteiger partial charge >= 0.3 is 6.18 Å². The highest BCUT2D eigenvalue weighted by atomic mass is 35.5. The van der Waals surface area contributed by atoms with E-state index in [9.17, 15) is 22.4 Å². The highest BCUT2D eigenvalue weighted by molar-refractivity contribution is 6.37. The second-order valence-electron chi connectivity index (χ2n) is 5.32. The quantitative estimate of drug-likeness (QED) is 0.768. The molecule has 1 aliphatic rings. The molecule has 130 valence electrons. The fourth-order valence-electron chi connectivity index (χ4n) is 2.42. The van der Waals surface area contributed by atoms with Crippen LogP contribution in [0.3, 0.4) is 0 Å². The van der Waals surface area contributed by atoms with Crippen LogP contribution in [0, 0.1) is 5.82 Å². The van der Waals surface area contributed by atoms with Crippen molar-refractivity contribution in [1.82, 2.24) is 4.98 Å². The molecule has 9 heteroatoms. The van der Waals surface area contributed by atoms with Gasteiger partial charge in [-0.3, -0.25) is 14.8 Å². The van der Waals surface area contributed by atoms with Crippen LogP contribution in [0.4, 0.5) is 23.2 Å². The Morgan fingerprint density at radius 2 is 1.96 bits per heavy atom. The van der Waals surface area contributed by atoms with E-state index in [0.717, 1.165) is 18.2 Å². The molecular weight excluding hydrogens is 362 g/mol. The zero-order valence-electron chi connectivity index (χ0n) is 12.7. The number of nitrogens with one attached hydrogen (secondary N) is 1. The van der Waals surface area contributed by atoms with Crippen molar-refractivity contribution in [2.45, 2.75) is 19.1 Å². The minimum atomic E-state index is -4.72. The number of benzene rings is 1. The first-order valence-electron chi connectivity index (χ1n) is 7.09. The molecule has 1 amide bonds. The molecule has 4 nitrogen and oxygen atoms in total. The maximum absolute atomic E-state index is 14.2. The van der Waals surface area contributed by atoms with Gasteiger partial charge in [-0.2, -0.15) is 13.2 Å². The monoisotopic (exact) mass is 371 g/mol. The minimum absolute atomic E-state index is 0.0103. The van der Waals surface area contributed by atoms with E-state index in [-0.39, 0.29) is 22.7 Å². The standard InChI is InChI=1S/C16H10ClF4N3O/c1-7-15(25)24-10-5-4-8(16(19,20)21)12(17)11(10)14(23-7)13-9(18)3-2-6-22-13/h2-7H,1H3,(H,24,25)/t7-/m0/s1. The molecule has 25 heavy (non-hydrogen) atoms. The average Bonchev–Trinajstić information content (AvgIpc) is 2.64. The number of carbonyl (C=O) groups excluding carboxylic acids is 1. The van der Waals surface area contributed by atoms with Crippen LogP contribution in [0.1, 0.15) is 23.7 Å². The number of benzodiazepines with no additional fused rings is 1. The van der Waals surface area contributed by atoms with E-state index in [2.05, 4.69) is 15.3 Å². The van der Waals surface area contributed by atoms with Gasteiger partial charge in [-0.1, -0.05) is 11.6 Å². The Kier molecular flexibility index (Phi) is 4.24. The number of carbonyl (C=O) groups is 1. The molecule has 1 aliphatic heterocycles. The van der Waals surface area contributed by atoms with Crippen LogP contribution >= 0.6 is 11.6 Å². The topological polar surface area (TPSA) is 54.4 Å². The molecule has 2 heterocycles. The maximum Gasteiger partial charge on any atom is 0.417 e. The number of aliphatic imine (C=N–C) groups is 1. The number of hydrogen-bond donors (Lipinski definition) is 1. The third-order valence-corrected chi connectivity index (χ3v) is 4.02. The SMILES string of the molecule is C[C@@H]1N=C(c2ncccc2F)c2c(ccc(C(F)(F)F)c2Cl)NC1=O. The molecule has 1 atom stereocenters. The second kappa shape index (κ2) is 6.11. The number of hydrogen-bond acceptors (Lipinski definition) is 3. The Morgan fingerprint density at radius 1 is 1.24 bits per heavy atom. The Hall–Kier alpha value is -2.48. The van der Waals surface area contributed by atoms with Crippen LogP contribution in [-0.2, 0) is 11.0 Å². The number of fused-ring (bicyclic) bond motifs is 1. The van der Waals surface area contributed by atoms with Crippen molar-refractivity contribution in [3.8, 4) is 0 Å². The average molecular weight is 372 g/mol. The van der Waals surface area contributed by atoms with Crippen molar-refractivity contribution in [3.05, 3.63) is 58.1 Å². The number of halogens is 5. The lowest BCUT2D eigenvalue weighted by Gasteiger charge is -2.16. The predicted molar refractivity (Wildman–Crippen MR) is 84.4 cm³/mol. The van der Waals surface area contributed by atoms with E-state index in [4.69, 9.17) is 11.6 Å². The van der Waals surface area contributed by atoms with Crippen molar-refractivity contribution < 1.29 is 22.4 Å². The van der Waals surface area contributed by atoms with E-state index >= 15 is 0 Å². The molecule has 0 radical (unpaired) electrons. The van der Waals surface area contributed by atoms with E-state index in [1.54, 1.807) is 0 Å². The summed E-state index contributed by atoms with van der Waals surface area (Å²) in [6.45, 7) is 1.43. The lowest BCUT2D eigenvalue weighted by Crippen LogP contribution is -2.22. The lowest BCUT2D eigenvalue weighted by molar-refractivity contribution is -0.137. The summed E-state index contributed by atoms with van der Waals surface area (Å²) in [7, 11) is 0. The fraction of sp³-hybridized carbons (Fsp3) is 0.188. The normalized spacial score (nSPS) is 17.4. The number of pyridine rings is 1. The maximum atomic E-state index is 14.2. The summed E-state index contributed by atoms with van der Waals surface area (Å²) in [5.41, 5.74) is -1.81. The van der Waals surface area contributed by atoms with Gasteiger partial charge in [0.1, 0.15) is 11.7 Å². The summed E-state index contributed by atoms with van der Waals surface area (Å²) >= 11 is 5.97. The summed E-state index contributed by atoms with van der Waals surface area (Å²) < 4.78 is 53.7. The number of nitrogens with zero attached hydrogens (tertiary/aromatic N) is 2. The highest BCUT2D eigenvalue weighted by Gasteiger charge is 2.37. The van der Waals surface area contributed by atoms with Gasteiger partial charge in [0.15, 0.2) is 5.82 Å². The van der Waals surface area contributed by atoms with Crippen LogP contribution in [-0.4, -0.2) is 22.6 Å². The van der Waals surface area contributed by atoms with Crippen LogP contribution in [0.2, 0.25) is 5.02 Å². The molecule has 0 unspecified atom stereocenters. The molecule has 1 aromatic heterocycles. The van der Waals surface area contributed by atoms with E-state index < -0.39 is 34.5 Å². The van der Waals surface area contributed by atoms with Gasteiger partial charge in [0, 0.05) is 11.8 Å². The molecule has 3 rings (SSSR count). The number of aromatic nitrogens is 1. The van der Waals surface area contributed by atoms with Gasteiger partial charge in [-0.25, -0.2) is 4.39 Å². The van der Waals surface area contributed by atoms with Gasteiger partial charge < -0.3 is 5.32 Å². The van der Waals surface area contributed by atoms with E-state index in [0.29, 0.717) is 0 Å².